The number of anilines is 2. The first-order valence-electron chi connectivity index (χ1n) is 10.2. The molecule has 0 spiro atoms. The van der Waals surface area contributed by atoms with Gasteiger partial charge < -0.3 is 24.6 Å². The Morgan fingerprint density at radius 1 is 1.09 bits per heavy atom. The van der Waals surface area contributed by atoms with Crippen molar-refractivity contribution in [2.45, 2.75) is 6.42 Å². The van der Waals surface area contributed by atoms with Crippen LogP contribution in [-0.2, 0) is 6.42 Å². The zero-order valence-corrected chi connectivity index (χ0v) is 19.4. The summed E-state index contributed by atoms with van der Waals surface area (Å²) in [5.41, 5.74) is 1.73. The largest absolute Gasteiger partial charge is 0.497 e. The summed E-state index contributed by atoms with van der Waals surface area (Å²) >= 11 is 7.34. The Hall–Kier alpha value is -3.04. The Bertz CT molecular complexity index is 1070. The number of hydrogen-bond donors (Lipinski definition) is 1. The first-order chi connectivity index (χ1) is 15.6. The minimum absolute atomic E-state index is 0.159. The smallest absolute Gasteiger partial charge is 0.322 e. The molecule has 3 aromatic rings. The van der Waals surface area contributed by atoms with Crippen molar-refractivity contribution in [2.75, 3.05) is 50.6 Å². The second kappa shape index (κ2) is 10.1. The summed E-state index contributed by atoms with van der Waals surface area (Å²) in [6, 6.07) is 12.9. The van der Waals surface area contributed by atoms with Crippen molar-refractivity contribution in [2.24, 2.45) is 0 Å². The Morgan fingerprint density at radius 2 is 1.84 bits per heavy atom. The first-order valence-corrected chi connectivity index (χ1v) is 11.3. The average molecular weight is 474 g/mol. The van der Waals surface area contributed by atoms with E-state index in [4.69, 9.17) is 21.1 Å². The molecule has 168 valence electrons. The van der Waals surface area contributed by atoms with Crippen LogP contribution in [-0.4, -0.2) is 60.7 Å². The third-order valence-corrected chi connectivity index (χ3v) is 6.29. The molecule has 1 aliphatic rings. The van der Waals surface area contributed by atoms with Gasteiger partial charge in [0.15, 0.2) is 0 Å². The molecule has 1 aromatic heterocycles. The lowest BCUT2D eigenvalue weighted by molar-refractivity contribution is 0.208. The van der Waals surface area contributed by atoms with Gasteiger partial charge in [-0.15, -0.1) is 0 Å². The minimum atomic E-state index is -0.159. The summed E-state index contributed by atoms with van der Waals surface area (Å²) in [6.45, 7) is 2.58. The number of aromatic nitrogens is 2. The molecule has 1 aliphatic heterocycles. The van der Waals surface area contributed by atoms with Crippen molar-refractivity contribution in [3.8, 4) is 11.5 Å². The Kier molecular flexibility index (Phi) is 6.96. The zero-order chi connectivity index (χ0) is 22.5. The van der Waals surface area contributed by atoms with Gasteiger partial charge in [-0.3, -0.25) is 0 Å². The van der Waals surface area contributed by atoms with E-state index in [0.717, 1.165) is 16.5 Å². The van der Waals surface area contributed by atoms with Crippen molar-refractivity contribution >= 4 is 40.0 Å². The van der Waals surface area contributed by atoms with E-state index in [0.29, 0.717) is 54.8 Å². The van der Waals surface area contributed by atoms with Gasteiger partial charge in [-0.25, -0.2) is 9.78 Å². The standard InChI is InChI=1S/C22H24ClN5O3S/c1-30-17-7-8-18(19(14-17)31-2)24-21(29)27-9-11-28(12-10-27)22-25-20(26-32-22)13-15-3-5-16(23)6-4-15/h3-8,14H,9-13H2,1-2H3,(H,24,29). The summed E-state index contributed by atoms with van der Waals surface area (Å²) in [5, 5.41) is 4.52. The number of carbonyl (C=O) groups is 1. The zero-order valence-electron chi connectivity index (χ0n) is 17.9. The van der Waals surface area contributed by atoms with E-state index in [1.54, 1.807) is 37.3 Å². The van der Waals surface area contributed by atoms with Crippen LogP contribution in [0.15, 0.2) is 42.5 Å². The Morgan fingerprint density at radius 3 is 2.53 bits per heavy atom. The number of nitrogens with zero attached hydrogens (tertiary/aromatic N) is 4. The molecule has 1 fully saturated rings. The number of urea groups is 1. The molecule has 1 N–H and O–H groups in total. The molecule has 2 aromatic carbocycles. The SMILES string of the molecule is COc1ccc(NC(=O)N2CCN(c3nc(Cc4ccc(Cl)cc4)ns3)CC2)c(OC)c1. The maximum Gasteiger partial charge on any atom is 0.322 e. The molecule has 0 saturated carbocycles. The third kappa shape index (κ3) is 5.23. The van der Waals surface area contributed by atoms with Gasteiger partial charge in [0.25, 0.3) is 0 Å². The molecule has 2 heterocycles. The number of halogens is 1. The summed E-state index contributed by atoms with van der Waals surface area (Å²) in [5.74, 6) is 2.01. The molecular weight excluding hydrogens is 450 g/mol. The third-order valence-electron chi connectivity index (χ3n) is 5.22. The minimum Gasteiger partial charge on any atom is -0.497 e. The number of rotatable bonds is 6. The first kappa shape index (κ1) is 22.2. The topological polar surface area (TPSA) is 79.8 Å². The van der Waals surface area contributed by atoms with Crippen molar-refractivity contribution in [3.05, 3.63) is 58.9 Å². The molecule has 8 nitrogen and oxygen atoms in total. The fourth-order valence-electron chi connectivity index (χ4n) is 3.43. The number of ether oxygens (including phenoxy) is 2. The number of nitrogens with one attached hydrogen (secondary N) is 1. The molecule has 4 rings (SSSR count). The van der Waals surface area contributed by atoms with Crippen molar-refractivity contribution < 1.29 is 14.3 Å². The Labute approximate surface area is 195 Å². The molecule has 0 unspecified atom stereocenters. The molecule has 0 bridgehead atoms. The van der Waals surface area contributed by atoms with Gasteiger partial charge in [-0.1, -0.05) is 23.7 Å². The lowest BCUT2D eigenvalue weighted by Crippen LogP contribution is -2.50. The second-order valence-corrected chi connectivity index (χ2v) is 8.43. The van der Waals surface area contributed by atoms with Gasteiger partial charge in [0.2, 0.25) is 5.13 Å². The number of carbonyl (C=O) groups excluding carboxylic acids is 1. The number of piperazine rings is 1. The van der Waals surface area contributed by atoms with Crippen molar-refractivity contribution in [1.82, 2.24) is 14.3 Å². The normalized spacial score (nSPS) is 13.7. The van der Waals surface area contributed by atoms with Gasteiger partial charge in [0.1, 0.15) is 17.3 Å². The lowest BCUT2D eigenvalue weighted by Gasteiger charge is -2.34. The summed E-state index contributed by atoms with van der Waals surface area (Å²) in [7, 11) is 3.15. The average Bonchev–Trinajstić information content (AvgIpc) is 3.29. The highest BCUT2D eigenvalue weighted by atomic mass is 35.5. The fourth-order valence-corrected chi connectivity index (χ4v) is 4.29. The van der Waals surface area contributed by atoms with Crippen LogP contribution in [0.2, 0.25) is 5.02 Å². The van der Waals surface area contributed by atoms with Gasteiger partial charge in [0, 0.05) is 55.2 Å². The van der Waals surface area contributed by atoms with Crippen LogP contribution < -0.4 is 19.7 Å². The Balaban J connectivity index is 1.32. The van der Waals surface area contributed by atoms with Gasteiger partial charge >= 0.3 is 6.03 Å². The summed E-state index contributed by atoms with van der Waals surface area (Å²) in [6.07, 6.45) is 0.666. The molecule has 10 heteroatoms. The van der Waals surface area contributed by atoms with E-state index in [1.165, 1.54) is 11.5 Å². The number of benzene rings is 2. The quantitative estimate of drug-likeness (QED) is 0.579. The van der Waals surface area contributed by atoms with E-state index in [9.17, 15) is 4.79 Å². The number of hydrogen-bond acceptors (Lipinski definition) is 7. The second-order valence-electron chi connectivity index (χ2n) is 7.27. The van der Waals surface area contributed by atoms with E-state index in [2.05, 4.69) is 19.6 Å². The molecule has 0 aliphatic carbocycles. The fraction of sp³-hybridized carbons (Fsp3) is 0.318. The number of amides is 2. The van der Waals surface area contributed by atoms with Crippen LogP contribution >= 0.6 is 23.1 Å². The van der Waals surface area contributed by atoms with E-state index in [1.807, 2.05) is 24.3 Å². The van der Waals surface area contributed by atoms with Gasteiger partial charge in [0.05, 0.1) is 19.9 Å². The monoisotopic (exact) mass is 473 g/mol. The predicted octanol–water partition coefficient (Wildman–Crippen LogP) is 4.15. The number of methoxy groups -OCH3 is 2. The van der Waals surface area contributed by atoms with Crippen LogP contribution in [0, 0.1) is 0 Å². The summed E-state index contributed by atoms with van der Waals surface area (Å²) < 4.78 is 15.1. The van der Waals surface area contributed by atoms with E-state index < -0.39 is 0 Å². The predicted molar refractivity (Wildman–Crippen MR) is 127 cm³/mol. The van der Waals surface area contributed by atoms with E-state index in [-0.39, 0.29) is 6.03 Å². The van der Waals surface area contributed by atoms with Crippen LogP contribution in [0.4, 0.5) is 15.6 Å². The molecule has 0 radical (unpaired) electrons. The molecule has 2 amide bonds. The molecule has 1 saturated heterocycles. The van der Waals surface area contributed by atoms with Crippen LogP contribution in [0.1, 0.15) is 11.4 Å². The highest BCUT2D eigenvalue weighted by Crippen LogP contribution is 2.29. The van der Waals surface area contributed by atoms with Crippen LogP contribution in [0.3, 0.4) is 0 Å². The molecule has 0 atom stereocenters. The van der Waals surface area contributed by atoms with Gasteiger partial charge in [-0.2, -0.15) is 4.37 Å². The van der Waals surface area contributed by atoms with Crippen LogP contribution in [0.25, 0.3) is 0 Å². The van der Waals surface area contributed by atoms with E-state index >= 15 is 0 Å². The van der Waals surface area contributed by atoms with Crippen LogP contribution in [0.5, 0.6) is 11.5 Å². The lowest BCUT2D eigenvalue weighted by atomic mass is 10.1. The van der Waals surface area contributed by atoms with Crippen molar-refractivity contribution in [1.29, 1.82) is 0 Å². The van der Waals surface area contributed by atoms with Crippen molar-refractivity contribution in [3.63, 3.8) is 0 Å². The molecule has 32 heavy (non-hydrogen) atoms. The molecular formula is C22H24ClN5O3S. The van der Waals surface area contributed by atoms with Gasteiger partial charge in [-0.05, 0) is 29.8 Å². The highest BCUT2D eigenvalue weighted by molar-refractivity contribution is 7.09. The maximum absolute atomic E-state index is 12.7. The summed E-state index contributed by atoms with van der Waals surface area (Å²) in [4.78, 5) is 21.4. The maximum atomic E-state index is 12.7. The highest BCUT2D eigenvalue weighted by Gasteiger charge is 2.24.